The maximum absolute atomic E-state index is 12.1. The molecule has 1 heterocycles. The fourth-order valence-corrected chi connectivity index (χ4v) is 1.82. The van der Waals surface area contributed by atoms with E-state index in [0.717, 1.165) is 0 Å². The minimum atomic E-state index is -0.0823. The molecule has 0 amide bonds. The molecule has 0 fully saturated rings. The Morgan fingerprint density at radius 2 is 2.06 bits per heavy atom. The summed E-state index contributed by atoms with van der Waals surface area (Å²) in [5, 5.41) is 0.535. The van der Waals surface area contributed by atoms with E-state index in [0.29, 0.717) is 34.8 Å². The smallest absolute Gasteiger partial charge is 0.261 e. The van der Waals surface area contributed by atoms with Gasteiger partial charge in [0.25, 0.3) is 5.56 Å². The average molecular weight is 248 g/mol. The largest absolute Gasteiger partial charge is 0.493 e. The molecular weight excluding hydrogens is 232 g/mol. The van der Waals surface area contributed by atoms with Gasteiger partial charge in [-0.25, -0.2) is 4.98 Å². The Hall–Kier alpha value is -2.04. The predicted molar refractivity (Wildman–Crippen MR) is 69.4 cm³/mol. The fourth-order valence-electron chi connectivity index (χ4n) is 1.82. The van der Waals surface area contributed by atoms with Crippen LogP contribution in [0.3, 0.4) is 0 Å². The minimum absolute atomic E-state index is 0.0823. The van der Waals surface area contributed by atoms with Gasteiger partial charge in [-0.1, -0.05) is 0 Å². The van der Waals surface area contributed by atoms with E-state index in [9.17, 15) is 4.79 Å². The van der Waals surface area contributed by atoms with Crippen molar-refractivity contribution in [2.75, 3.05) is 13.7 Å². The SMILES string of the molecule is CCOc1cc2c(=O)n(C)c(C)nc2cc1OC. The van der Waals surface area contributed by atoms with E-state index in [1.54, 1.807) is 33.2 Å². The Labute approximate surface area is 105 Å². The highest BCUT2D eigenvalue weighted by molar-refractivity contribution is 5.81. The molecule has 0 spiro atoms. The van der Waals surface area contributed by atoms with Gasteiger partial charge in [-0.05, 0) is 19.9 Å². The number of aromatic nitrogens is 2. The predicted octanol–water partition coefficient (Wildman–Crippen LogP) is 1.65. The summed E-state index contributed by atoms with van der Waals surface area (Å²) in [5.74, 6) is 1.82. The van der Waals surface area contributed by atoms with Crippen LogP contribution in [-0.4, -0.2) is 23.3 Å². The van der Waals surface area contributed by atoms with E-state index in [1.807, 2.05) is 6.92 Å². The summed E-state index contributed by atoms with van der Waals surface area (Å²) in [6, 6.07) is 3.42. The van der Waals surface area contributed by atoms with Crippen LogP contribution in [0.5, 0.6) is 11.5 Å². The Morgan fingerprint density at radius 3 is 2.67 bits per heavy atom. The molecule has 0 saturated heterocycles. The number of benzene rings is 1. The first-order valence-electron chi connectivity index (χ1n) is 5.76. The van der Waals surface area contributed by atoms with E-state index in [2.05, 4.69) is 4.98 Å². The molecule has 18 heavy (non-hydrogen) atoms. The van der Waals surface area contributed by atoms with Crippen molar-refractivity contribution in [3.8, 4) is 11.5 Å². The lowest BCUT2D eigenvalue weighted by Crippen LogP contribution is -2.20. The lowest BCUT2D eigenvalue weighted by atomic mass is 10.2. The van der Waals surface area contributed by atoms with Gasteiger partial charge in [-0.2, -0.15) is 0 Å². The van der Waals surface area contributed by atoms with Gasteiger partial charge in [0.05, 0.1) is 24.6 Å². The average Bonchev–Trinajstić information content (AvgIpc) is 2.37. The standard InChI is InChI=1S/C13H16N2O3/c1-5-18-12-6-9-10(7-11(12)17-4)14-8(2)15(3)13(9)16/h6-7H,5H2,1-4H3. The number of rotatable bonds is 3. The molecule has 0 N–H and O–H groups in total. The second-order valence-electron chi connectivity index (χ2n) is 3.98. The van der Waals surface area contributed by atoms with Crippen molar-refractivity contribution in [1.29, 1.82) is 0 Å². The second kappa shape index (κ2) is 4.68. The zero-order valence-electron chi connectivity index (χ0n) is 11.0. The van der Waals surface area contributed by atoms with Crippen molar-refractivity contribution < 1.29 is 9.47 Å². The summed E-state index contributed by atoms with van der Waals surface area (Å²) in [4.78, 5) is 16.5. The third kappa shape index (κ3) is 1.92. The molecule has 0 aliphatic carbocycles. The zero-order valence-corrected chi connectivity index (χ0v) is 11.0. The van der Waals surface area contributed by atoms with Crippen LogP contribution in [0.25, 0.3) is 10.9 Å². The third-order valence-electron chi connectivity index (χ3n) is 2.88. The summed E-state index contributed by atoms with van der Waals surface area (Å²) < 4.78 is 12.2. The van der Waals surface area contributed by atoms with Crippen LogP contribution in [0.2, 0.25) is 0 Å². The van der Waals surface area contributed by atoms with E-state index in [4.69, 9.17) is 9.47 Å². The molecule has 0 saturated carbocycles. The molecule has 1 aromatic carbocycles. The number of ether oxygens (including phenoxy) is 2. The lowest BCUT2D eigenvalue weighted by Gasteiger charge is -2.11. The first-order valence-corrected chi connectivity index (χ1v) is 5.76. The number of methoxy groups -OCH3 is 1. The molecule has 0 aliphatic heterocycles. The van der Waals surface area contributed by atoms with Crippen LogP contribution in [0.4, 0.5) is 0 Å². The topological polar surface area (TPSA) is 53.4 Å². The molecule has 2 aromatic rings. The van der Waals surface area contributed by atoms with E-state index in [-0.39, 0.29) is 5.56 Å². The number of nitrogens with zero attached hydrogens (tertiary/aromatic N) is 2. The lowest BCUT2D eigenvalue weighted by molar-refractivity contribution is 0.311. The molecule has 5 heteroatoms. The number of aryl methyl sites for hydroxylation is 1. The Kier molecular flexibility index (Phi) is 3.23. The quantitative estimate of drug-likeness (QED) is 0.828. The van der Waals surface area contributed by atoms with Crippen LogP contribution in [0.15, 0.2) is 16.9 Å². The molecule has 0 unspecified atom stereocenters. The highest BCUT2D eigenvalue weighted by atomic mass is 16.5. The molecule has 1 aromatic heterocycles. The Balaban J connectivity index is 2.79. The van der Waals surface area contributed by atoms with Crippen molar-refractivity contribution in [3.05, 3.63) is 28.3 Å². The van der Waals surface area contributed by atoms with Gasteiger partial charge >= 0.3 is 0 Å². The van der Waals surface area contributed by atoms with Crippen molar-refractivity contribution in [2.24, 2.45) is 7.05 Å². The fraction of sp³-hybridized carbons (Fsp3) is 0.385. The summed E-state index contributed by atoms with van der Waals surface area (Å²) in [6.07, 6.45) is 0. The summed E-state index contributed by atoms with van der Waals surface area (Å²) in [5.41, 5.74) is 0.539. The van der Waals surface area contributed by atoms with Crippen molar-refractivity contribution in [1.82, 2.24) is 9.55 Å². The first-order chi connectivity index (χ1) is 8.58. The van der Waals surface area contributed by atoms with Crippen LogP contribution in [-0.2, 0) is 7.05 Å². The van der Waals surface area contributed by atoms with E-state index in [1.165, 1.54) is 4.57 Å². The van der Waals surface area contributed by atoms with Crippen LogP contribution < -0.4 is 15.0 Å². The van der Waals surface area contributed by atoms with Crippen molar-refractivity contribution in [2.45, 2.75) is 13.8 Å². The Bertz CT molecular complexity index is 647. The maximum atomic E-state index is 12.1. The molecule has 0 bridgehead atoms. The molecule has 0 atom stereocenters. The highest BCUT2D eigenvalue weighted by Crippen LogP contribution is 2.30. The summed E-state index contributed by atoms with van der Waals surface area (Å²) >= 11 is 0. The van der Waals surface area contributed by atoms with Crippen molar-refractivity contribution in [3.63, 3.8) is 0 Å². The van der Waals surface area contributed by atoms with Gasteiger partial charge in [0, 0.05) is 13.1 Å². The molecule has 2 rings (SSSR count). The summed E-state index contributed by atoms with van der Waals surface area (Å²) in [7, 11) is 3.27. The molecule has 0 radical (unpaired) electrons. The van der Waals surface area contributed by atoms with Gasteiger partial charge in [0.1, 0.15) is 5.82 Å². The third-order valence-corrected chi connectivity index (χ3v) is 2.88. The highest BCUT2D eigenvalue weighted by Gasteiger charge is 2.11. The van der Waals surface area contributed by atoms with Gasteiger partial charge in [0.15, 0.2) is 11.5 Å². The van der Waals surface area contributed by atoms with Gasteiger partial charge in [-0.15, -0.1) is 0 Å². The number of hydrogen-bond acceptors (Lipinski definition) is 4. The van der Waals surface area contributed by atoms with E-state index >= 15 is 0 Å². The normalized spacial score (nSPS) is 10.7. The second-order valence-corrected chi connectivity index (χ2v) is 3.98. The van der Waals surface area contributed by atoms with Crippen LogP contribution in [0.1, 0.15) is 12.7 Å². The molecule has 0 aliphatic rings. The van der Waals surface area contributed by atoms with E-state index < -0.39 is 0 Å². The van der Waals surface area contributed by atoms with Gasteiger partial charge in [0.2, 0.25) is 0 Å². The molecular formula is C13H16N2O3. The summed E-state index contributed by atoms with van der Waals surface area (Å²) in [6.45, 7) is 4.19. The van der Waals surface area contributed by atoms with Crippen LogP contribution >= 0.6 is 0 Å². The molecule has 5 nitrogen and oxygen atoms in total. The minimum Gasteiger partial charge on any atom is -0.493 e. The first kappa shape index (κ1) is 12.4. The Morgan fingerprint density at radius 1 is 1.33 bits per heavy atom. The number of fused-ring (bicyclic) bond motifs is 1. The van der Waals surface area contributed by atoms with Crippen LogP contribution in [0, 0.1) is 6.92 Å². The zero-order chi connectivity index (χ0) is 13.3. The monoisotopic (exact) mass is 248 g/mol. The van der Waals surface area contributed by atoms with Gasteiger partial charge < -0.3 is 9.47 Å². The van der Waals surface area contributed by atoms with Gasteiger partial charge in [-0.3, -0.25) is 9.36 Å². The number of hydrogen-bond donors (Lipinski definition) is 0. The van der Waals surface area contributed by atoms with Crippen molar-refractivity contribution >= 4 is 10.9 Å². The maximum Gasteiger partial charge on any atom is 0.261 e. The molecule has 96 valence electrons.